The number of aromatic nitrogens is 1. The van der Waals surface area contributed by atoms with Crippen LogP contribution in [-0.2, 0) is 10.0 Å². The van der Waals surface area contributed by atoms with Gasteiger partial charge in [-0.15, -0.1) is 0 Å². The Kier molecular flexibility index (Phi) is 5.42. The molecule has 7 heteroatoms. The normalized spacial score (nSPS) is 15.2. The Balaban J connectivity index is 1.42. The van der Waals surface area contributed by atoms with Gasteiger partial charge in [-0.05, 0) is 35.4 Å². The van der Waals surface area contributed by atoms with Gasteiger partial charge >= 0.3 is 0 Å². The summed E-state index contributed by atoms with van der Waals surface area (Å²) in [5.74, 6) is -0.0805. The van der Waals surface area contributed by atoms with E-state index in [9.17, 15) is 13.2 Å². The van der Waals surface area contributed by atoms with E-state index in [1.165, 1.54) is 16.6 Å². The number of pyridine rings is 1. The quantitative estimate of drug-likeness (QED) is 0.667. The maximum atomic E-state index is 12.8. The second-order valence-corrected chi connectivity index (χ2v) is 8.77. The summed E-state index contributed by atoms with van der Waals surface area (Å²) in [6.07, 6.45) is 2.89. The molecule has 2 aromatic carbocycles. The van der Waals surface area contributed by atoms with Gasteiger partial charge in [0.1, 0.15) is 4.90 Å². The van der Waals surface area contributed by atoms with Crippen molar-refractivity contribution in [2.24, 2.45) is 0 Å². The molecule has 1 fully saturated rings. The lowest BCUT2D eigenvalue weighted by Crippen LogP contribution is -2.50. The molecule has 0 atom stereocenters. The molecule has 1 aliphatic rings. The highest BCUT2D eigenvalue weighted by atomic mass is 32.2. The first-order valence-corrected chi connectivity index (χ1v) is 10.8. The molecule has 1 amide bonds. The van der Waals surface area contributed by atoms with Crippen molar-refractivity contribution in [1.29, 1.82) is 0 Å². The number of carbonyl (C=O) groups excluding carboxylic acids is 1. The van der Waals surface area contributed by atoms with Gasteiger partial charge in [-0.1, -0.05) is 42.5 Å². The van der Waals surface area contributed by atoms with Crippen molar-refractivity contribution in [3.63, 3.8) is 0 Å². The first-order valence-electron chi connectivity index (χ1n) is 9.41. The van der Waals surface area contributed by atoms with E-state index in [1.807, 2.05) is 54.6 Å². The zero-order valence-corrected chi connectivity index (χ0v) is 16.6. The average Bonchev–Trinajstić information content (AvgIpc) is 2.80. The zero-order chi connectivity index (χ0) is 20.3. The summed E-state index contributed by atoms with van der Waals surface area (Å²) in [6.45, 7) is 1.26. The first kappa shape index (κ1) is 19.3. The van der Waals surface area contributed by atoms with Crippen LogP contribution in [0.15, 0.2) is 84.0 Å². The van der Waals surface area contributed by atoms with Crippen molar-refractivity contribution in [1.82, 2.24) is 14.2 Å². The van der Waals surface area contributed by atoms with Crippen LogP contribution in [0.25, 0.3) is 11.1 Å². The molecule has 148 valence electrons. The van der Waals surface area contributed by atoms with Crippen molar-refractivity contribution in [2.45, 2.75) is 4.90 Å². The summed E-state index contributed by atoms with van der Waals surface area (Å²) in [7, 11) is -3.58. The van der Waals surface area contributed by atoms with Crippen molar-refractivity contribution in [2.75, 3.05) is 26.2 Å². The van der Waals surface area contributed by atoms with Gasteiger partial charge < -0.3 is 4.90 Å². The minimum atomic E-state index is -3.58. The number of amides is 1. The van der Waals surface area contributed by atoms with Crippen LogP contribution in [0.3, 0.4) is 0 Å². The fourth-order valence-corrected chi connectivity index (χ4v) is 4.79. The smallest absolute Gasteiger partial charge is 0.253 e. The Morgan fingerprint density at radius 2 is 1.45 bits per heavy atom. The highest BCUT2D eigenvalue weighted by molar-refractivity contribution is 7.89. The van der Waals surface area contributed by atoms with E-state index in [0.29, 0.717) is 18.7 Å². The van der Waals surface area contributed by atoms with Crippen LogP contribution in [0.1, 0.15) is 10.4 Å². The number of hydrogen-bond acceptors (Lipinski definition) is 4. The largest absolute Gasteiger partial charge is 0.336 e. The molecule has 3 aromatic rings. The molecule has 0 spiro atoms. The Morgan fingerprint density at radius 3 is 2.07 bits per heavy atom. The lowest BCUT2D eigenvalue weighted by Gasteiger charge is -2.34. The third-order valence-electron chi connectivity index (χ3n) is 5.04. The van der Waals surface area contributed by atoms with Crippen LogP contribution in [0.2, 0.25) is 0 Å². The lowest BCUT2D eigenvalue weighted by atomic mass is 10.0. The molecule has 0 aliphatic carbocycles. The topological polar surface area (TPSA) is 70.6 Å². The molecule has 0 unspecified atom stereocenters. The summed E-state index contributed by atoms with van der Waals surface area (Å²) in [5, 5.41) is 0. The molecule has 0 saturated carbocycles. The highest BCUT2D eigenvalue weighted by Gasteiger charge is 2.30. The van der Waals surface area contributed by atoms with Gasteiger partial charge in [-0.3, -0.25) is 9.78 Å². The maximum absolute atomic E-state index is 12.8. The zero-order valence-electron chi connectivity index (χ0n) is 15.8. The van der Waals surface area contributed by atoms with E-state index >= 15 is 0 Å². The van der Waals surface area contributed by atoms with E-state index in [-0.39, 0.29) is 23.9 Å². The number of carbonyl (C=O) groups is 1. The van der Waals surface area contributed by atoms with Gasteiger partial charge in [0.15, 0.2) is 0 Å². The third-order valence-corrected chi connectivity index (χ3v) is 6.92. The van der Waals surface area contributed by atoms with E-state index in [2.05, 4.69) is 4.98 Å². The molecule has 2 heterocycles. The number of sulfonamides is 1. The number of nitrogens with zero attached hydrogens (tertiary/aromatic N) is 3. The summed E-state index contributed by atoms with van der Waals surface area (Å²) in [4.78, 5) is 18.6. The SMILES string of the molecule is O=C(c1ccc(-c2ccccc2)cc1)N1CCN(S(=O)(=O)c2cccnc2)CC1. The van der Waals surface area contributed by atoms with Crippen LogP contribution < -0.4 is 0 Å². The van der Waals surface area contributed by atoms with Crippen LogP contribution in [0, 0.1) is 0 Å². The molecule has 0 N–H and O–H groups in total. The average molecular weight is 407 g/mol. The van der Waals surface area contributed by atoms with Crippen molar-refractivity contribution < 1.29 is 13.2 Å². The maximum Gasteiger partial charge on any atom is 0.253 e. The molecular weight excluding hydrogens is 386 g/mol. The van der Waals surface area contributed by atoms with Crippen LogP contribution in [0.5, 0.6) is 0 Å². The second kappa shape index (κ2) is 8.14. The fraction of sp³-hybridized carbons (Fsp3) is 0.182. The molecule has 0 radical (unpaired) electrons. The van der Waals surface area contributed by atoms with E-state index in [1.54, 1.807) is 17.2 Å². The molecule has 6 nitrogen and oxygen atoms in total. The summed E-state index contributed by atoms with van der Waals surface area (Å²) < 4.78 is 26.8. The monoisotopic (exact) mass is 407 g/mol. The van der Waals surface area contributed by atoms with Gasteiger partial charge in [0.2, 0.25) is 10.0 Å². The van der Waals surface area contributed by atoms with Crippen LogP contribution in [0.4, 0.5) is 0 Å². The number of piperazine rings is 1. The minimum Gasteiger partial charge on any atom is -0.336 e. The van der Waals surface area contributed by atoms with Gasteiger partial charge in [0, 0.05) is 44.1 Å². The van der Waals surface area contributed by atoms with Gasteiger partial charge in [-0.2, -0.15) is 4.31 Å². The standard InChI is InChI=1S/C22H21N3O3S/c26-22(20-10-8-19(9-11-20)18-5-2-1-3-6-18)24-13-15-25(16-14-24)29(27,28)21-7-4-12-23-17-21/h1-12,17H,13-16H2. The van der Waals surface area contributed by atoms with Crippen molar-refractivity contribution >= 4 is 15.9 Å². The predicted molar refractivity (Wildman–Crippen MR) is 111 cm³/mol. The Bertz CT molecular complexity index is 1080. The van der Waals surface area contributed by atoms with E-state index in [0.717, 1.165) is 11.1 Å². The van der Waals surface area contributed by atoms with Gasteiger partial charge in [-0.25, -0.2) is 8.42 Å². The minimum absolute atomic E-state index is 0.0805. The third kappa shape index (κ3) is 4.06. The molecule has 1 saturated heterocycles. The summed E-state index contributed by atoms with van der Waals surface area (Å²) in [6, 6.07) is 20.6. The molecule has 29 heavy (non-hydrogen) atoms. The number of benzene rings is 2. The van der Waals surface area contributed by atoms with Crippen LogP contribution >= 0.6 is 0 Å². The molecule has 1 aromatic heterocycles. The first-order chi connectivity index (χ1) is 14.1. The van der Waals surface area contributed by atoms with Crippen molar-refractivity contribution in [3.05, 3.63) is 84.7 Å². The summed E-state index contributed by atoms with van der Waals surface area (Å²) >= 11 is 0. The predicted octanol–water partition coefficient (Wildman–Crippen LogP) is 2.90. The summed E-state index contributed by atoms with van der Waals surface area (Å²) in [5.41, 5.74) is 2.75. The Hall–Kier alpha value is -3.03. The van der Waals surface area contributed by atoms with Gasteiger partial charge in [0.05, 0.1) is 0 Å². The van der Waals surface area contributed by atoms with E-state index in [4.69, 9.17) is 0 Å². The van der Waals surface area contributed by atoms with Crippen molar-refractivity contribution in [3.8, 4) is 11.1 Å². The second-order valence-electron chi connectivity index (χ2n) is 6.83. The Labute approximate surface area is 170 Å². The van der Waals surface area contributed by atoms with Crippen LogP contribution in [-0.4, -0.2) is 54.7 Å². The van der Waals surface area contributed by atoms with Gasteiger partial charge in [0.25, 0.3) is 5.91 Å². The molecule has 0 bridgehead atoms. The molecule has 4 rings (SSSR count). The Morgan fingerprint density at radius 1 is 0.793 bits per heavy atom. The fourth-order valence-electron chi connectivity index (χ4n) is 3.40. The molecule has 1 aliphatic heterocycles. The lowest BCUT2D eigenvalue weighted by molar-refractivity contribution is 0.0698. The molecular formula is C22H21N3O3S. The van der Waals surface area contributed by atoms with E-state index < -0.39 is 10.0 Å². The highest BCUT2D eigenvalue weighted by Crippen LogP contribution is 2.21. The number of hydrogen-bond donors (Lipinski definition) is 0. The number of rotatable bonds is 4.